The topological polar surface area (TPSA) is 37.4 Å². The van der Waals surface area contributed by atoms with Gasteiger partial charge in [0.2, 0.25) is 0 Å². The summed E-state index contributed by atoms with van der Waals surface area (Å²) in [5, 5.41) is 6.50. The lowest BCUT2D eigenvalue weighted by Gasteiger charge is -2.31. The number of para-hydroxylation sites is 1. The number of piperidine rings is 1. The third-order valence-corrected chi connectivity index (χ3v) is 5.71. The van der Waals surface area contributed by atoms with E-state index in [4.69, 9.17) is 9.72 Å². The third-order valence-electron chi connectivity index (χ3n) is 4.78. The van der Waals surface area contributed by atoms with E-state index < -0.39 is 0 Å². The van der Waals surface area contributed by atoms with Gasteiger partial charge in [-0.15, -0.1) is 36.2 Å². The van der Waals surface area contributed by atoms with E-state index in [1.807, 2.05) is 25.2 Å². The average Bonchev–Trinajstić information content (AvgIpc) is 3.09. The van der Waals surface area contributed by atoms with Gasteiger partial charge in [0.05, 0.1) is 18.4 Å². The molecule has 1 N–H and O–H groups in total. The van der Waals surface area contributed by atoms with Crippen molar-refractivity contribution in [3.8, 4) is 16.3 Å². The van der Waals surface area contributed by atoms with Gasteiger partial charge in [-0.2, -0.15) is 0 Å². The summed E-state index contributed by atoms with van der Waals surface area (Å²) in [4.78, 5) is 7.38. The molecule has 1 aromatic carbocycles. The van der Waals surface area contributed by atoms with Crippen molar-refractivity contribution in [2.45, 2.75) is 25.8 Å². The van der Waals surface area contributed by atoms with Crippen LogP contribution < -0.4 is 10.1 Å². The first-order valence-corrected chi connectivity index (χ1v) is 9.63. The number of halogens is 2. The molecule has 3 rings (SSSR count). The first kappa shape index (κ1) is 23.2. The van der Waals surface area contributed by atoms with Gasteiger partial charge < -0.3 is 10.1 Å². The summed E-state index contributed by atoms with van der Waals surface area (Å²) in [5.41, 5.74) is 2.26. The molecule has 0 saturated carbocycles. The van der Waals surface area contributed by atoms with E-state index in [9.17, 15) is 0 Å². The summed E-state index contributed by atoms with van der Waals surface area (Å²) < 4.78 is 5.45. The fraction of sp³-hybridized carbons (Fsp3) is 0.526. The Morgan fingerprint density at radius 2 is 1.96 bits per heavy atom. The second-order valence-corrected chi connectivity index (χ2v) is 7.31. The minimum atomic E-state index is 0. The zero-order valence-electron chi connectivity index (χ0n) is 15.4. The molecule has 26 heavy (non-hydrogen) atoms. The van der Waals surface area contributed by atoms with Crippen LogP contribution in [0.5, 0.6) is 5.75 Å². The van der Waals surface area contributed by atoms with Crippen molar-refractivity contribution in [3.63, 3.8) is 0 Å². The Kier molecular flexibility index (Phi) is 10.5. The zero-order chi connectivity index (χ0) is 16.8. The number of nitrogens with one attached hydrogen (secondary N) is 1. The van der Waals surface area contributed by atoms with Gasteiger partial charge in [0.1, 0.15) is 10.8 Å². The van der Waals surface area contributed by atoms with Crippen LogP contribution in [0, 0.1) is 5.92 Å². The van der Waals surface area contributed by atoms with Crippen LogP contribution in [-0.4, -0.2) is 43.7 Å². The molecule has 1 fully saturated rings. The van der Waals surface area contributed by atoms with Crippen molar-refractivity contribution in [2.24, 2.45) is 5.92 Å². The molecule has 1 aliphatic heterocycles. The molecule has 1 saturated heterocycles. The molecule has 0 unspecified atom stereocenters. The molecule has 146 valence electrons. The Bertz CT molecular complexity index is 645. The summed E-state index contributed by atoms with van der Waals surface area (Å²) in [6.45, 7) is 4.48. The summed E-state index contributed by atoms with van der Waals surface area (Å²) >= 11 is 1.71. The Labute approximate surface area is 173 Å². The predicted octanol–water partition coefficient (Wildman–Crippen LogP) is 4.48. The third kappa shape index (κ3) is 6.10. The molecule has 0 aliphatic carbocycles. The van der Waals surface area contributed by atoms with Gasteiger partial charge in [-0.05, 0) is 64.0 Å². The van der Waals surface area contributed by atoms with Crippen molar-refractivity contribution in [1.29, 1.82) is 0 Å². The number of thiazole rings is 1. The maximum Gasteiger partial charge on any atom is 0.129 e. The largest absolute Gasteiger partial charge is 0.496 e. The fourth-order valence-electron chi connectivity index (χ4n) is 3.34. The van der Waals surface area contributed by atoms with Gasteiger partial charge >= 0.3 is 0 Å². The lowest BCUT2D eigenvalue weighted by molar-refractivity contribution is 0.171. The Morgan fingerprint density at radius 1 is 1.23 bits per heavy atom. The molecule has 4 nitrogen and oxygen atoms in total. The molecule has 0 radical (unpaired) electrons. The van der Waals surface area contributed by atoms with Crippen molar-refractivity contribution in [3.05, 3.63) is 35.3 Å². The van der Waals surface area contributed by atoms with Gasteiger partial charge in [0.15, 0.2) is 0 Å². The number of likely N-dealkylation sites (tertiary alicyclic amines) is 1. The average molecular weight is 418 g/mol. The van der Waals surface area contributed by atoms with Crippen LogP contribution in [0.1, 0.15) is 25.0 Å². The van der Waals surface area contributed by atoms with Crippen LogP contribution in [-0.2, 0) is 6.54 Å². The molecule has 2 heterocycles. The quantitative estimate of drug-likeness (QED) is 0.719. The highest BCUT2D eigenvalue weighted by molar-refractivity contribution is 7.13. The van der Waals surface area contributed by atoms with E-state index in [2.05, 4.69) is 21.7 Å². The SMILES string of the molecule is CNCCC1CCN(Cc2csc(-c3ccccc3OC)n2)CC1.Cl.Cl. The first-order chi connectivity index (χ1) is 11.8. The highest BCUT2D eigenvalue weighted by Gasteiger charge is 2.20. The van der Waals surface area contributed by atoms with E-state index in [0.717, 1.165) is 35.3 Å². The van der Waals surface area contributed by atoms with Crippen molar-refractivity contribution < 1.29 is 4.74 Å². The van der Waals surface area contributed by atoms with E-state index in [0.29, 0.717) is 0 Å². The molecule has 1 aliphatic rings. The maximum absolute atomic E-state index is 5.45. The number of hydrogen-bond acceptors (Lipinski definition) is 5. The van der Waals surface area contributed by atoms with Crippen LogP contribution in [0.4, 0.5) is 0 Å². The summed E-state index contributed by atoms with van der Waals surface area (Å²) in [6, 6.07) is 8.10. The number of benzene rings is 1. The highest BCUT2D eigenvalue weighted by atomic mass is 35.5. The van der Waals surface area contributed by atoms with Crippen LogP contribution >= 0.6 is 36.2 Å². The summed E-state index contributed by atoms with van der Waals surface area (Å²) in [5.74, 6) is 1.78. The predicted molar refractivity (Wildman–Crippen MR) is 115 cm³/mol. The maximum atomic E-state index is 5.45. The van der Waals surface area contributed by atoms with Gasteiger partial charge in [-0.3, -0.25) is 4.90 Å². The standard InChI is InChI=1S/C19H27N3OS.2ClH/c1-20-10-7-15-8-11-22(12-9-15)13-16-14-24-19(21-16)17-5-3-4-6-18(17)23-2;;/h3-6,14-15,20H,7-13H2,1-2H3;2*1H. The lowest BCUT2D eigenvalue weighted by atomic mass is 9.93. The normalized spacial score (nSPS) is 15.2. The van der Waals surface area contributed by atoms with Crippen LogP contribution in [0.2, 0.25) is 0 Å². The number of methoxy groups -OCH3 is 1. The molecule has 1 aromatic heterocycles. The molecule has 0 spiro atoms. The molecule has 0 atom stereocenters. The number of aromatic nitrogens is 1. The van der Waals surface area contributed by atoms with Crippen LogP contribution in [0.15, 0.2) is 29.6 Å². The van der Waals surface area contributed by atoms with Crippen molar-refractivity contribution >= 4 is 36.2 Å². The highest BCUT2D eigenvalue weighted by Crippen LogP contribution is 2.32. The van der Waals surface area contributed by atoms with Gasteiger partial charge in [-0.1, -0.05) is 12.1 Å². The molecular formula is C19H29Cl2N3OS. The number of rotatable bonds is 7. The Balaban J connectivity index is 0.00000169. The first-order valence-electron chi connectivity index (χ1n) is 8.75. The Hall–Kier alpha value is -0.850. The number of hydrogen-bond donors (Lipinski definition) is 1. The molecule has 7 heteroatoms. The summed E-state index contributed by atoms with van der Waals surface area (Å²) in [6.07, 6.45) is 3.93. The van der Waals surface area contributed by atoms with E-state index >= 15 is 0 Å². The minimum absolute atomic E-state index is 0. The van der Waals surface area contributed by atoms with Gasteiger partial charge in [-0.25, -0.2) is 4.98 Å². The molecule has 2 aromatic rings. The van der Waals surface area contributed by atoms with Crippen LogP contribution in [0.3, 0.4) is 0 Å². The monoisotopic (exact) mass is 417 g/mol. The van der Waals surface area contributed by atoms with E-state index in [-0.39, 0.29) is 24.8 Å². The minimum Gasteiger partial charge on any atom is -0.496 e. The molecule has 0 bridgehead atoms. The second kappa shape index (κ2) is 11.8. The summed E-state index contributed by atoms with van der Waals surface area (Å²) in [7, 11) is 3.75. The Morgan fingerprint density at radius 3 is 2.65 bits per heavy atom. The fourth-order valence-corrected chi connectivity index (χ4v) is 4.18. The van der Waals surface area contributed by atoms with E-state index in [1.54, 1.807) is 18.4 Å². The van der Waals surface area contributed by atoms with Crippen LogP contribution in [0.25, 0.3) is 10.6 Å². The van der Waals surface area contributed by atoms with Crippen molar-refractivity contribution in [2.75, 3.05) is 33.8 Å². The van der Waals surface area contributed by atoms with E-state index in [1.165, 1.54) is 38.0 Å². The molecule has 0 amide bonds. The van der Waals surface area contributed by atoms with Gasteiger partial charge in [0.25, 0.3) is 0 Å². The van der Waals surface area contributed by atoms with Gasteiger partial charge in [0, 0.05) is 11.9 Å². The zero-order valence-corrected chi connectivity index (χ0v) is 17.9. The smallest absolute Gasteiger partial charge is 0.129 e. The number of ether oxygens (including phenoxy) is 1. The molecular weight excluding hydrogens is 389 g/mol. The second-order valence-electron chi connectivity index (χ2n) is 6.46. The van der Waals surface area contributed by atoms with Crippen molar-refractivity contribution in [1.82, 2.24) is 15.2 Å². The number of nitrogens with zero attached hydrogens (tertiary/aromatic N) is 2. The lowest BCUT2D eigenvalue weighted by Crippen LogP contribution is -2.34.